The van der Waals surface area contributed by atoms with Crippen molar-refractivity contribution in [3.63, 3.8) is 0 Å². The molecule has 0 fully saturated rings. The molecule has 0 bridgehead atoms. The van der Waals surface area contributed by atoms with Gasteiger partial charge < -0.3 is 10.6 Å². The van der Waals surface area contributed by atoms with Gasteiger partial charge in [-0.15, -0.1) is 11.3 Å². The summed E-state index contributed by atoms with van der Waals surface area (Å²) in [5, 5.41) is 7.41. The van der Waals surface area contributed by atoms with Gasteiger partial charge in [0.2, 0.25) is 5.91 Å². The van der Waals surface area contributed by atoms with Crippen LogP contribution in [0.2, 0.25) is 0 Å². The SMILES string of the molecule is Cc1ccc(C(=O)NCC(=O)Nc2cccc(C#Cc3cccs3)c2)cc1C. The minimum absolute atomic E-state index is 0.100. The van der Waals surface area contributed by atoms with E-state index in [2.05, 4.69) is 22.5 Å². The number of thiophene rings is 1. The number of rotatable bonds is 4. The van der Waals surface area contributed by atoms with E-state index in [0.717, 1.165) is 21.6 Å². The van der Waals surface area contributed by atoms with Crippen molar-refractivity contribution in [2.75, 3.05) is 11.9 Å². The molecule has 1 aromatic heterocycles. The first-order valence-electron chi connectivity index (χ1n) is 8.82. The molecule has 140 valence electrons. The van der Waals surface area contributed by atoms with Crippen LogP contribution in [0.5, 0.6) is 0 Å². The number of carbonyl (C=O) groups excluding carboxylic acids is 2. The minimum atomic E-state index is -0.291. The summed E-state index contributed by atoms with van der Waals surface area (Å²) in [5.41, 5.74) is 4.16. The summed E-state index contributed by atoms with van der Waals surface area (Å²) in [6, 6.07) is 16.7. The van der Waals surface area contributed by atoms with E-state index in [-0.39, 0.29) is 18.4 Å². The summed E-state index contributed by atoms with van der Waals surface area (Å²) in [7, 11) is 0. The zero-order valence-corrected chi connectivity index (χ0v) is 16.5. The maximum atomic E-state index is 12.2. The van der Waals surface area contributed by atoms with E-state index in [9.17, 15) is 9.59 Å². The van der Waals surface area contributed by atoms with Crippen LogP contribution in [0.3, 0.4) is 0 Å². The van der Waals surface area contributed by atoms with Gasteiger partial charge in [0.1, 0.15) is 0 Å². The normalized spacial score (nSPS) is 9.93. The Bertz CT molecular complexity index is 1060. The average molecular weight is 388 g/mol. The summed E-state index contributed by atoms with van der Waals surface area (Å²) in [5.74, 6) is 5.61. The molecule has 0 aliphatic heterocycles. The van der Waals surface area contributed by atoms with Gasteiger partial charge in [0.25, 0.3) is 5.91 Å². The van der Waals surface area contributed by atoms with Gasteiger partial charge in [0, 0.05) is 16.8 Å². The van der Waals surface area contributed by atoms with E-state index in [1.165, 1.54) is 0 Å². The second kappa shape index (κ2) is 9.03. The largest absolute Gasteiger partial charge is 0.343 e. The van der Waals surface area contributed by atoms with Crippen molar-refractivity contribution in [3.8, 4) is 11.8 Å². The molecule has 0 atom stereocenters. The Morgan fingerprint density at radius 3 is 2.57 bits per heavy atom. The monoisotopic (exact) mass is 388 g/mol. The Balaban J connectivity index is 1.56. The molecule has 0 saturated heterocycles. The molecule has 0 aliphatic rings. The van der Waals surface area contributed by atoms with Gasteiger partial charge >= 0.3 is 0 Å². The van der Waals surface area contributed by atoms with Crippen LogP contribution in [-0.2, 0) is 4.79 Å². The first-order valence-corrected chi connectivity index (χ1v) is 9.70. The van der Waals surface area contributed by atoms with Gasteiger partial charge in [-0.05, 0) is 66.8 Å². The molecule has 3 rings (SSSR count). The first-order chi connectivity index (χ1) is 13.5. The minimum Gasteiger partial charge on any atom is -0.343 e. The molecule has 0 radical (unpaired) electrons. The summed E-state index contributed by atoms with van der Waals surface area (Å²) < 4.78 is 0. The molecule has 1 heterocycles. The van der Waals surface area contributed by atoms with Crippen molar-refractivity contribution in [2.24, 2.45) is 0 Å². The molecule has 2 N–H and O–H groups in total. The second-order valence-corrected chi connectivity index (χ2v) is 7.29. The molecular weight excluding hydrogens is 368 g/mol. The molecule has 2 aromatic carbocycles. The predicted octanol–water partition coefficient (Wildman–Crippen LogP) is 4.13. The summed E-state index contributed by atoms with van der Waals surface area (Å²) in [6.07, 6.45) is 0. The lowest BCUT2D eigenvalue weighted by atomic mass is 10.1. The van der Waals surface area contributed by atoms with Gasteiger partial charge in [-0.2, -0.15) is 0 Å². The lowest BCUT2D eigenvalue weighted by Crippen LogP contribution is -2.32. The molecule has 2 amide bonds. The van der Waals surface area contributed by atoms with Crippen molar-refractivity contribution >= 4 is 28.8 Å². The topological polar surface area (TPSA) is 58.2 Å². The third kappa shape index (κ3) is 5.32. The fourth-order valence-corrected chi connectivity index (χ4v) is 3.08. The lowest BCUT2D eigenvalue weighted by molar-refractivity contribution is -0.115. The van der Waals surface area contributed by atoms with Crippen LogP contribution in [0.15, 0.2) is 60.0 Å². The van der Waals surface area contributed by atoms with Crippen molar-refractivity contribution < 1.29 is 9.59 Å². The fourth-order valence-electron chi connectivity index (χ4n) is 2.51. The van der Waals surface area contributed by atoms with E-state index in [1.807, 2.05) is 61.7 Å². The molecule has 3 aromatic rings. The van der Waals surface area contributed by atoms with Crippen molar-refractivity contribution in [3.05, 3.63) is 87.1 Å². The van der Waals surface area contributed by atoms with E-state index in [4.69, 9.17) is 0 Å². The average Bonchev–Trinajstić information content (AvgIpc) is 3.20. The number of hydrogen-bond acceptors (Lipinski definition) is 3. The highest BCUT2D eigenvalue weighted by atomic mass is 32.1. The van der Waals surface area contributed by atoms with Gasteiger partial charge in [-0.1, -0.05) is 30.0 Å². The van der Waals surface area contributed by atoms with E-state index in [1.54, 1.807) is 23.5 Å². The molecular formula is C23H20N2O2S. The fraction of sp³-hybridized carbons (Fsp3) is 0.130. The van der Waals surface area contributed by atoms with E-state index >= 15 is 0 Å². The Kier molecular flexibility index (Phi) is 6.25. The number of benzene rings is 2. The number of amides is 2. The van der Waals surface area contributed by atoms with Crippen LogP contribution in [0.4, 0.5) is 5.69 Å². The Morgan fingerprint density at radius 1 is 0.964 bits per heavy atom. The number of nitrogens with one attached hydrogen (secondary N) is 2. The zero-order valence-electron chi connectivity index (χ0n) is 15.7. The van der Waals surface area contributed by atoms with Crippen LogP contribution in [0, 0.1) is 25.7 Å². The number of aryl methyl sites for hydroxylation is 2. The number of anilines is 1. The molecule has 0 aliphatic carbocycles. The molecule has 28 heavy (non-hydrogen) atoms. The van der Waals surface area contributed by atoms with E-state index in [0.29, 0.717) is 11.3 Å². The zero-order chi connectivity index (χ0) is 19.9. The van der Waals surface area contributed by atoms with Crippen LogP contribution in [-0.4, -0.2) is 18.4 Å². The van der Waals surface area contributed by atoms with Crippen LogP contribution < -0.4 is 10.6 Å². The number of carbonyl (C=O) groups is 2. The maximum Gasteiger partial charge on any atom is 0.251 e. The molecule has 5 heteroatoms. The Labute approximate surface area is 168 Å². The molecule has 0 spiro atoms. The number of hydrogen-bond donors (Lipinski definition) is 2. The van der Waals surface area contributed by atoms with Gasteiger partial charge in [0.15, 0.2) is 0 Å². The quantitative estimate of drug-likeness (QED) is 0.660. The summed E-state index contributed by atoms with van der Waals surface area (Å²) >= 11 is 1.58. The van der Waals surface area contributed by atoms with Gasteiger partial charge in [0.05, 0.1) is 11.4 Å². The smallest absolute Gasteiger partial charge is 0.251 e. The standard InChI is InChI=1S/C23H20N2O2S/c1-16-8-10-19(13-17(16)2)23(27)24-15-22(26)25-20-6-3-5-18(14-20)9-11-21-7-4-12-28-21/h3-8,10,12-14H,15H2,1-2H3,(H,24,27)(H,25,26). The highest BCUT2D eigenvalue weighted by Crippen LogP contribution is 2.12. The second-order valence-electron chi connectivity index (χ2n) is 6.34. The molecule has 0 saturated carbocycles. The predicted molar refractivity (Wildman–Crippen MR) is 114 cm³/mol. The molecule has 0 unspecified atom stereocenters. The third-order valence-electron chi connectivity index (χ3n) is 4.18. The van der Waals surface area contributed by atoms with Crippen molar-refractivity contribution in [1.82, 2.24) is 5.32 Å². The summed E-state index contributed by atoms with van der Waals surface area (Å²) in [6.45, 7) is 3.84. The lowest BCUT2D eigenvalue weighted by Gasteiger charge is -2.08. The van der Waals surface area contributed by atoms with Crippen LogP contribution >= 0.6 is 11.3 Å². The van der Waals surface area contributed by atoms with Gasteiger partial charge in [-0.25, -0.2) is 0 Å². The van der Waals surface area contributed by atoms with Crippen LogP contribution in [0.1, 0.15) is 31.9 Å². The van der Waals surface area contributed by atoms with Crippen LogP contribution in [0.25, 0.3) is 0 Å². The van der Waals surface area contributed by atoms with E-state index < -0.39 is 0 Å². The third-order valence-corrected chi connectivity index (χ3v) is 4.96. The van der Waals surface area contributed by atoms with Crippen molar-refractivity contribution in [1.29, 1.82) is 0 Å². The first kappa shape index (κ1) is 19.4. The highest BCUT2D eigenvalue weighted by Gasteiger charge is 2.09. The Morgan fingerprint density at radius 2 is 1.82 bits per heavy atom. The molecule has 4 nitrogen and oxygen atoms in total. The summed E-state index contributed by atoms with van der Waals surface area (Å²) in [4.78, 5) is 25.4. The maximum absolute atomic E-state index is 12.2. The Hall–Kier alpha value is -3.36. The van der Waals surface area contributed by atoms with Gasteiger partial charge in [-0.3, -0.25) is 9.59 Å². The highest BCUT2D eigenvalue weighted by molar-refractivity contribution is 7.10. The van der Waals surface area contributed by atoms with Crippen molar-refractivity contribution in [2.45, 2.75) is 13.8 Å².